The minimum absolute atomic E-state index is 0.124. The van der Waals surface area contributed by atoms with Crippen LogP contribution in [0.5, 0.6) is 0 Å². The van der Waals surface area contributed by atoms with E-state index in [1.165, 1.54) is 12.8 Å². The Bertz CT molecular complexity index is 407. The average molecular weight is 383 g/mol. The van der Waals surface area contributed by atoms with Crippen molar-refractivity contribution in [3.8, 4) is 0 Å². The number of unbranched alkanes of at least 4 members (excludes halogenated alkanes) is 4. The maximum absolute atomic E-state index is 12.1. The van der Waals surface area contributed by atoms with Crippen molar-refractivity contribution < 1.29 is 9.59 Å². The van der Waals surface area contributed by atoms with Crippen LogP contribution in [0.4, 0.5) is 0 Å². The van der Waals surface area contributed by atoms with E-state index in [0.29, 0.717) is 31.6 Å². The molecule has 0 aliphatic carbocycles. The minimum Gasteiger partial charge on any atom is -0.356 e. The highest BCUT2D eigenvalue weighted by Gasteiger charge is 2.20. The van der Waals surface area contributed by atoms with Crippen LogP contribution in [0.1, 0.15) is 78.6 Å². The van der Waals surface area contributed by atoms with Gasteiger partial charge in [0.2, 0.25) is 11.8 Å². The second-order valence-electron chi connectivity index (χ2n) is 8.09. The molecule has 0 unspecified atom stereocenters. The number of piperidine rings is 1. The minimum atomic E-state index is 0.124. The molecule has 0 aromatic heterocycles. The van der Waals surface area contributed by atoms with Crippen molar-refractivity contribution in [3.63, 3.8) is 0 Å². The molecule has 1 saturated heterocycles. The summed E-state index contributed by atoms with van der Waals surface area (Å²) >= 11 is 0. The first-order valence-electron chi connectivity index (χ1n) is 11.0. The Morgan fingerprint density at radius 1 is 0.926 bits per heavy atom. The van der Waals surface area contributed by atoms with Gasteiger partial charge in [-0.15, -0.1) is 0 Å². The molecule has 3 N–H and O–H groups in total. The van der Waals surface area contributed by atoms with Crippen molar-refractivity contribution in [2.45, 2.75) is 90.6 Å². The van der Waals surface area contributed by atoms with E-state index in [-0.39, 0.29) is 11.8 Å². The van der Waals surface area contributed by atoms with E-state index in [1.54, 1.807) is 0 Å². The lowest BCUT2D eigenvalue weighted by molar-refractivity contribution is -0.123. The molecule has 0 radical (unpaired) electrons. The lowest BCUT2D eigenvalue weighted by atomic mass is 10.0. The number of nitrogens with one attached hydrogen (secondary N) is 3. The molecular weight excluding hydrogens is 340 g/mol. The Labute approximate surface area is 166 Å². The molecule has 0 saturated carbocycles. The van der Waals surface area contributed by atoms with Gasteiger partial charge in [0.15, 0.2) is 0 Å². The van der Waals surface area contributed by atoms with Gasteiger partial charge in [-0.2, -0.15) is 0 Å². The number of carbonyl (C=O) groups excluding carboxylic acids is 2. The van der Waals surface area contributed by atoms with E-state index < -0.39 is 0 Å². The summed E-state index contributed by atoms with van der Waals surface area (Å²) in [4.78, 5) is 26.0. The van der Waals surface area contributed by atoms with Gasteiger partial charge in [0, 0.05) is 44.7 Å². The van der Waals surface area contributed by atoms with E-state index in [2.05, 4.69) is 41.6 Å². The van der Waals surface area contributed by atoms with Crippen LogP contribution in [0.25, 0.3) is 0 Å². The lowest BCUT2D eigenvalue weighted by Gasteiger charge is -2.32. The van der Waals surface area contributed by atoms with Crippen molar-refractivity contribution in [2.24, 2.45) is 0 Å². The molecule has 0 aromatic carbocycles. The smallest absolute Gasteiger partial charge is 0.234 e. The van der Waals surface area contributed by atoms with Crippen LogP contribution in [0.2, 0.25) is 0 Å². The summed E-state index contributed by atoms with van der Waals surface area (Å²) in [6, 6.07) is 1.12. The molecule has 0 spiro atoms. The number of hydrogen-bond donors (Lipinski definition) is 3. The monoisotopic (exact) mass is 382 g/mol. The Hall–Kier alpha value is -1.14. The predicted octanol–water partition coefficient (Wildman–Crippen LogP) is 2.43. The van der Waals surface area contributed by atoms with Crippen molar-refractivity contribution >= 4 is 11.8 Å². The molecule has 1 fully saturated rings. The van der Waals surface area contributed by atoms with Crippen LogP contribution < -0.4 is 16.0 Å². The third kappa shape index (κ3) is 12.8. The van der Waals surface area contributed by atoms with Gasteiger partial charge >= 0.3 is 0 Å². The molecular formula is C21H42N4O2. The second-order valence-corrected chi connectivity index (χ2v) is 8.09. The average Bonchev–Trinajstić information content (AvgIpc) is 2.63. The quantitative estimate of drug-likeness (QED) is 0.404. The van der Waals surface area contributed by atoms with Crippen LogP contribution >= 0.6 is 0 Å². The standard InChI is InChI=1S/C21H42N4O2/c1-4-5-8-13-22-20(26)10-7-6-9-14-23-21(27)17-25-15-11-19(12-16-25)24-18(2)3/h18-19,24H,4-17H2,1-3H3,(H,22,26)(H,23,27). The summed E-state index contributed by atoms with van der Waals surface area (Å²) in [5, 5.41) is 9.56. The summed E-state index contributed by atoms with van der Waals surface area (Å²) < 4.78 is 0. The first-order chi connectivity index (χ1) is 13.0. The molecule has 1 aliphatic rings. The SMILES string of the molecule is CCCCCNC(=O)CCCCCNC(=O)CN1CCC(NC(C)C)CC1. The van der Waals surface area contributed by atoms with E-state index in [4.69, 9.17) is 0 Å². The maximum atomic E-state index is 12.1. The zero-order valence-corrected chi connectivity index (χ0v) is 17.8. The van der Waals surface area contributed by atoms with Gasteiger partial charge in [-0.25, -0.2) is 0 Å². The summed E-state index contributed by atoms with van der Waals surface area (Å²) in [6.45, 7) is 10.5. The molecule has 2 amide bonds. The summed E-state index contributed by atoms with van der Waals surface area (Å²) in [7, 11) is 0. The number of hydrogen-bond acceptors (Lipinski definition) is 4. The van der Waals surface area contributed by atoms with Gasteiger partial charge in [-0.05, 0) is 32.1 Å². The van der Waals surface area contributed by atoms with Crippen LogP contribution in [0.3, 0.4) is 0 Å². The fraction of sp³-hybridized carbons (Fsp3) is 0.905. The molecule has 1 heterocycles. The molecule has 0 bridgehead atoms. The van der Waals surface area contributed by atoms with Crippen LogP contribution in [-0.2, 0) is 9.59 Å². The van der Waals surface area contributed by atoms with E-state index in [9.17, 15) is 9.59 Å². The first kappa shape index (κ1) is 23.9. The third-order valence-electron chi connectivity index (χ3n) is 5.03. The number of nitrogens with zero attached hydrogens (tertiary/aromatic N) is 1. The Morgan fingerprint density at radius 3 is 2.19 bits per heavy atom. The summed E-state index contributed by atoms with van der Waals surface area (Å²) in [5.41, 5.74) is 0. The van der Waals surface area contributed by atoms with Crippen LogP contribution in [-0.4, -0.2) is 61.5 Å². The molecule has 6 nitrogen and oxygen atoms in total. The highest BCUT2D eigenvalue weighted by Crippen LogP contribution is 2.10. The van der Waals surface area contributed by atoms with E-state index >= 15 is 0 Å². The Morgan fingerprint density at radius 2 is 1.56 bits per heavy atom. The molecule has 0 aromatic rings. The fourth-order valence-corrected chi connectivity index (χ4v) is 3.49. The Kier molecular flexibility index (Phi) is 13.2. The molecule has 27 heavy (non-hydrogen) atoms. The molecule has 6 heteroatoms. The normalized spacial score (nSPS) is 15.9. The zero-order chi connectivity index (χ0) is 19.9. The molecule has 158 valence electrons. The van der Waals surface area contributed by atoms with Gasteiger partial charge in [-0.3, -0.25) is 14.5 Å². The largest absolute Gasteiger partial charge is 0.356 e. The van der Waals surface area contributed by atoms with Crippen molar-refractivity contribution in [1.29, 1.82) is 0 Å². The van der Waals surface area contributed by atoms with E-state index in [1.807, 2.05) is 0 Å². The fourth-order valence-electron chi connectivity index (χ4n) is 3.49. The summed E-state index contributed by atoms with van der Waals surface area (Å²) in [6.07, 6.45) is 9.07. The van der Waals surface area contributed by atoms with Crippen LogP contribution in [0, 0.1) is 0 Å². The second kappa shape index (κ2) is 14.9. The zero-order valence-electron chi connectivity index (χ0n) is 17.8. The topological polar surface area (TPSA) is 73.5 Å². The summed E-state index contributed by atoms with van der Waals surface area (Å²) in [5.74, 6) is 0.282. The van der Waals surface area contributed by atoms with Crippen molar-refractivity contribution in [2.75, 3.05) is 32.7 Å². The van der Waals surface area contributed by atoms with Gasteiger partial charge in [0.25, 0.3) is 0 Å². The maximum Gasteiger partial charge on any atom is 0.234 e. The highest BCUT2D eigenvalue weighted by molar-refractivity contribution is 5.78. The number of likely N-dealkylation sites (tertiary alicyclic amines) is 1. The van der Waals surface area contributed by atoms with E-state index in [0.717, 1.165) is 58.2 Å². The van der Waals surface area contributed by atoms with Crippen LogP contribution in [0.15, 0.2) is 0 Å². The van der Waals surface area contributed by atoms with Gasteiger partial charge in [-0.1, -0.05) is 40.0 Å². The first-order valence-corrected chi connectivity index (χ1v) is 11.0. The third-order valence-corrected chi connectivity index (χ3v) is 5.03. The van der Waals surface area contributed by atoms with Gasteiger partial charge in [0.1, 0.15) is 0 Å². The number of carbonyl (C=O) groups is 2. The highest BCUT2D eigenvalue weighted by atomic mass is 16.2. The Balaban J connectivity index is 1.95. The number of amides is 2. The van der Waals surface area contributed by atoms with Crippen molar-refractivity contribution in [1.82, 2.24) is 20.9 Å². The molecule has 0 atom stereocenters. The lowest BCUT2D eigenvalue weighted by Crippen LogP contribution is -2.47. The van der Waals surface area contributed by atoms with Gasteiger partial charge in [0.05, 0.1) is 6.54 Å². The van der Waals surface area contributed by atoms with Crippen molar-refractivity contribution in [3.05, 3.63) is 0 Å². The predicted molar refractivity (Wildman–Crippen MR) is 112 cm³/mol. The molecule has 1 aliphatic heterocycles. The van der Waals surface area contributed by atoms with Gasteiger partial charge < -0.3 is 16.0 Å². The number of rotatable bonds is 14. The molecule has 1 rings (SSSR count).